The summed E-state index contributed by atoms with van der Waals surface area (Å²) in [5.41, 5.74) is 1.10. The highest BCUT2D eigenvalue weighted by Gasteiger charge is 2.32. The molecule has 1 atom stereocenters. The van der Waals surface area contributed by atoms with Crippen molar-refractivity contribution in [3.8, 4) is 5.82 Å². The molecule has 29 heavy (non-hydrogen) atoms. The van der Waals surface area contributed by atoms with Gasteiger partial charge in [-0.15, -0.1) is 0 Å². The Morgan fingerprint density at radius 1 is 1.28 bits per heavy atom. The van der Waals surface area contributed by atoms with Crippen molar-refractivity contribution in [3.05, 3.63) is 42.4 Å². The highest BCUT2D eigenvalue weighted by Crippen LogP contribution is 2.27. The molecule has 3 heterocycles. The Labute approximate surface area is 171 Å². The zero-order valence-electron chi connectivity index (χ0n) is 16.9. The first kappa shape index (κ1) is 19.4. The predicted octanol–water partition coefficient (Wildman–Crippen LogP) is 1.72. The third-order valence-electron chi connectivity index (χ3n) is 5.78. The van der Waals surface area contributed by atoms with Gasteiger partial charge in [0.25, 0.3) is 0 Å². The maximum atomic E-state index is 12.6. The molecule has 1 unspecified atom stereocenters. The average Bonchev–Trinajstić information content (AvgIpc) is 3.53. The molecule has 0 aromatic carbocycles. The third kappa shape index (κ3) is 4.75. The maximum absolute atomic E-state index is 12.6. The SMILES string of the molecule is CN=C(NCc1ccnc(-n2cccn2)c1)NC1CCN(C(=O)C2CCCC2)C1. The fraction of sp³-hybridized carbons (Fsp3) is 0.524. The summed E-state index contributed by atoms with van der Waals surface area (Å²) >= 11 is 0. The van der Waals surface area contributed by atoms with Gasteiger partial charge in [0.15, 0.2) is 11.8 Å². The van der Waals surface area contributed by atoms with Crippen molar-refractivity contribution >= 4 is 11.9 Å². The first-order valence-electron chi connectivity index (χ1n) is 10.4. The van der Waals surface area contributed by atoms with Crippen molar-refractivity contribution in [3.63, 3.8) is 0 Å². The van der Waals surface area contributed by atoms with E-state index in [2.05, 4.69) is 25.7 Å². The average molecular weight is 396 g/mol. The zero-order chi connectivity index (χ0) is 20.1. The molecule has 1 aliphatic carbocycles. The number of nitrogens with one attached hydrogen (secondary N) is 2. The lowest BCUT2D eigenvalue weighted by Gasteiger charge is -2.21. The van der Waals surface area contributed by atoms with Gasteiger partial charge in [-0.25, -0.2) is 9.67 Å². The van der Waals surface area contributed by atoms with E-state index >= 15 is 0 Å². The van der Waals surface area contributed by atoms with Gasteiger partial charge in [0.05, 0.1) is 0 Å². The summed E-state index contributed by atoms with van der Waals surface area (Å²) in [6.45, 7) is 2.23. The zero-order valence-corrected chi connectivity index (χ0v) is 16.9. The van der Waals surface area contributed by atoms with Crippen LogP contribution in [0.15, 0.2) is 41.8 Å². The minimum Gasteiger partial charge on any atom is -0.352 e. The summed E-state index contributed by atoms with van der Waals surface area (Å²) in [4.78, 5) is 23.4. The minimum atomic E-state index is 0.239. The van der Waals surface area contributed by atoms with Gasteiger partial charge in [0.2, 0.25) is 5.91 Å². The van der Waals surface area contributed by atoms with Gasteiger partial charge < -0.3 is 15.5 Å². The van der Waals surface area contributed by atoms with Crippen LogP contribution in [0.5, 0.6) is 0 Å². The quantitative estimate of drug-likeness (QED) is 0.595. The molecule has 2 fully saturated rings. The number of aliphatic imine (C=N–C) groups is 1. The largest absolute Gasteiger partial charge is 0.352 e. The Morgan fingerprint density at radius 2 is 2.14 bits per heavy atom. The van der Waals surface area contributed by atoms with Gasteiger partial charge in [-0.2, -0.15) is 5.10 Å². The van der Waals surface area contributed by atoms with Crippen LogP contribution in [-0.4, -0.2) is 57.7 Å². The van der Waals surface area contributed by atoms with Gasteiger partial charge in [0.1, 0.15) is 0 Å². The molecule has 1 amide bonds. The fourth-order valence-corrected chi connectivity index (χ4v) is 4.18. The van der Waals surface area contributed by atoms with Crippen LogP contribution in [0.1, 0.15) is 37.7 Å². The Kier molecular flexibility index (Phi) is 6.07. The molecular formula is C21H29N7O. The molecule has 8 nitrogen and oxygen atoms in total. The van der Waals surface area contributed by atoms with E-state index in [0.717, 1.165) is 49.7 Å². The number of aromatic nitrogens is 3. The predicted molar refractivity (Wildman–Crippen MR) is 112 cm³/mol. The molecule has 0 bridgehead atoms. The molecule has 2 aromatic rings. The van der Waals surface area contributed by atoms with Crippen LogP contribution < -0.4 is 10.6 Å². The van der Waals surface area contributed by atoms with E-state index < -0.39 is 0 Å². The Balaban J connectivity index is 1.28. The maximum Gasteiger partial charge on any atom is 0.225 e. The summed E-state index contributed by atoms with van der Waals surface area (Å²) in [6, 6.07) is 6.10. The number of hydrogen-bond acceptors (Lipinski definition) is 4. The lowest BCUT2D eigenvalue weighted by molar-refractivity contribution is -0.134. The van der Waals surface area contributed by atoms with Crippen LogP contribution >= 0.6 is 0 Å². The topological polar surface area (TPSA) is 87.4 Å². The van der Waals surface area contributed by atoms with Crippen molar-refractivity contribution in [2.45, 2.75) is 44.7 Å². The van der Waals surface area contributed by atoms with Crippen LogP contribution in [0, 0.1) is 5.92 Å². The molecule has 1 saturated carbocycles. The molecule has 4 rings (SSSR count). The molecule has 0 radical (unpaired) electrons. The second-order valence-electron chi connectivity index (χ2n) is 7.79. The molecule has 8 heteroatoms. The molecule has 1 saturated heterocycles. The number of carbonyl (C=O) groups excluding carboxylic acids is 1. The molecule has 0 spiro atoms. The van der Waals surface area contributed by atoms with Gasteiger partial charge in [-0.05, 0) is 43.0 Å². The molecule has 1 aliphatic heterocycles. The lowest BCUT2D eigenvalue weighted by Crippen LogP contribution is -2.45. The van der Waals surface area contributed by atoms with Crippen LogP contribution in [-0.2, 0) is 11.3 Å². The van der Waals surface area contributed by atoms with Crippen molar-refractivity contribution in [1.29, 1.82) is 0 Å². The van der Waals surface area contributed by atoms with E-state index in [0.29, 0.717) is 12.5 Å². The molecule has 2 aliphatic rings. The summed E-state index contributed by atoms with van der Waals surface area (Å²) < 4.78 is 1.74. The van der Waals surface area contributed by atoms with Crippen molar-refractivity contribution < 1.29 is 4.79 Å². The Morgan fingerprint density at radius 3 is 2.90 bits per heavy atom. The van der Waals surface area contributed by atoms with E-state index in [1.54, 1.807) is 24.1 Å². The van der Waals surface area contributed by atoms with Crippen LogP contribution in [0.2, 0.25) is 0 Å². The van der Waals surface area contributed by atoms with Gasteiger partial charge in [-0.3, -0.25) is 9.79 Å². The van der Waals surface area contributed by atoms with E-state index in [4.69, 9.17) is 0 Å². The first-order valence-corrected chi connectivity index (χ1v) is 10.4. The second kappa shape index (κ2) is 9.07. The summed E-state index contributed by atoms with van der Waals surface area (Å²) in [5, 5.41) is 11.1. The standard InChI is InChI=1S/C21H29N7O/c1-22-21(24-14-16-7-10-23-19(13-16)28-11-4-9-25-28)26-18-8-12-27(15-18)20(29)17-5-2-3-6-17/h4,7,9-11,13,17-18H,2-3,5-6,8,12,14-15H2,1H3,(H2,22,24,26). The van der Waals surface area contributed by atoms with Crippen LogP contribution in [0.25, 0.3) is 5.82 Å². The van der Waals surface area contributed by atoms with Gasteiger partial charge in [-0.1, -0.05) is 12.8 Å². The highest BCUT2D eigenvalue weighted by molar-refractivity contribution is 5.81. The van der Waals surface area contributed by atoms with E-state index in [9.17, 15) is 4.79 Å². The number of guanidine groups is 1. The summed E-state index contributed by atoms with van der Waals surface area (Å²) in [6.07, 6.45) is 10.9. The summed E-state index contributed by atoms with van der Waals surface area (Å²) in [5.74, 6) is 2.14. The van der Waals surface area contributed by atoms with E-state index in [1.165, 1.54) is 12.8 Å². The number of amides is 1. The van der Waals surface area contributed by atoms with Crippen molar-refractivity contribution in [1.82, 2.24) is 30.3 Å². The highest BCUT2D eigenvalue weighted by atomic mass is 16.2. The van der Waals surface area contributed by atoms with Crippen LogP contribution in [0.3, 0.4) is 0 Å². The van der Waals surface area contributed by atoms with Crippen molar-refractivity contribution in [2.75, 3.05) is 20.1 Å². The number of pyridine rings is 1. The monoisotopic (exact) mass is 395 g/mol. The van der Waals surface area contributed by atoms with E-state index in [1.807, 2.05) is 29.3 Å². The first-order chi connectivity index (χ1) is 14.2. The Hall–Kier alpha value is -2.90. The van der Waals surface area contributed by atoms with Gasteiger partial charge >= 0.3 is 0 Å². The smallest absolute Gasteiger partial charge is 0.225 e. The molecular weight excluding hydrogens is 366 g/mol. The number of likely N-dealkylation sites (tertiary alicyclic amines) is 1. The summed E-state index contributed by atoms with van der Waals surface area (Å²) in [7, 11) is 1.77. The third-order valence-corrected chi connectivity index (χ3v) is 5.78. The van der Waals surface area contributed by atoms with Crippen LogP contribution in [0.4, 0.5) is 0 Å². The number of carbonyl (C=O) groups is 1. The number of nitrogens with zero attached hydrogens (tertiary/aromatic N) is 5. The van der Waals surface area contributed by atoms with Gasteiger partial charge in [0, 0.05) is 57.2 Å². The van der Waals surface area contributed by atoms with E-state index in [-0.39, 0.29) is 12.0 Å². The molecule has 2 aromatic heterocycles. The van der Waals surface area contributed by atoms with Crippen molar-refractivity contribution in [2.24, 2.45) is 10.9 Å². The Bertz CT molecular complexity index is 842. The number of rotatable bonds is 5. The minimum absolute atomic E-state index is 0.239. The second-order valence-corrected chi connectivity index (χ2v) is 7.79. The lowest BCUT2D eigenvalue weighted by atomic mass is 10.1. The molecule has 154 valence electrons. The number of hydrogen-bond donors (Lipinski definition) is 2. The fourth-order valence-electron chi connectivity index (χ4n) is 4.18. The molecule has 2 N–H and O–H groups in total. The normalized spacial score (nSPS) is 20.2.